The number of pyridine rings is 1. The van der Waals surface area contributed by atoms with Crippen molar-refractivity contribution in [1.29, 1.82) is 0 Å². The molecular formula is C12H12N2O. The summed E-state index contributed by atoms with van der Waals surface area (Å²) in [6, 6.07) is 7.46. The van der Waals surface area contributed by atoms with Crippen LogP contribution in [-0.2, 0) is 0 Å². The van der Waals surface area contributed by atoms with Crippen molar-refractivity contribution >= 4 is 16.7 Å². The average molecular weight is 200 g/mol. The summed E-state index contributed by atoms with van der Waals surface area (Å²) >= 11 is 0. The van der Waals surface area contributed by atoms with Crippen LogP contribution in [0.1, 0.15) is 15.9 Å². The van der Waals surface area contributed by atoms with E-state index in [1.165, 1.54) is 0 Å². The SMILES string of the molecule is Cc1cnc2ccc(C(=O)CN)cc2c1. The highest BCUT2D eigenvalue weighted by Gasteiger charge is 2.04. The molecule has 0 aliphatic rings. The van der Waals surface area contributed by atoms with Crippen molar-refractivity contribution in [3.63, 3.8) is 0 Å². The number of nitrogens with zero attached hydrogens (tertiary/aromatic N) is 1. The molecule has 0 atom stereocenters. The van der Waals surface area contributed by atoms with Crippen LogP contribution in [0.15, 0.2) is 30.5 Å². The van der Waals surface area contributed by atoms with E-state index >= 15 is 0 Å². The van der Waals surface area contributed by atoms with Crippen molar-refractivity contribution in [2.24, 2.45) is 5.73 Å². The number of carbonyl (C=O) groups is 1. The zero-order valence-corrected chi connectivity index (χ0v) is 8.53. The Kier molecular flexibility index (Phi) is 2.47. The second-order valence-electron chi connectivity index (χ2n) is 3.55. The molecule has 3 heteroatoms. The number of rotatable bonds is 2. The van der Waals surface area contributed by atoms with Crippen LogP contribution in [0.2, 0.25) is 0 Å². The van der Waals surface area contributed by atoms with E-state index in [4.69, 9.17) is 5.73 Å². The maximum Gasteiger partial charge on any atom is 0.176 e. The lowest BCUT2D eigenvalue weighted by Gasteiger charge is -2.01. The third-order valence-electron chi connectivity index (χ3n) is 2.33. The topological polar surface area (TPSA) is 56.0 Å². The Morgan fingerprint density at radius 2 is 2.20 bits per heavy atom. The van der Waals surface area contributed by atoms with Crippen molar-refractivity contribution in [2.75, 3.05) is 6.54 Å². The quantitative estimate of drug-likeness (QED) is 0.750. The van der Waals surface area contributed by atoms with Gasteiger partial charge in [-0.3, -0.25) is 9.78 Å². The molecule has 2 rings (SSSR count). The molecule has 0 spiro atoms. The van der Waals surface area contributed by atoms with Gasteiger partial charge in [0.15, 0.2) is 5.78 Å². The number of ketones is 1. The van der Waals surface area contributed by atoms with Crippen molar-refractivity contribution < 1.29 is 4.79 Å². The molecule has 1 aromatic heterocycles. The number of hydrogen-bond donors (Lipinski definition) is 1. The Bertz CT molecular complexity index is 520. The summed E-state index contributed by atoms with van der Waals surface area (Å²) in [5.41, 5.74) is 7.94. The number of hydrogen-bond acceptors (Lipinski definition) is 3. The van der Waals surface area contributed by atoms with Crippen molar-refractivity contribution in [1.82, 2.24) is 4.98 Å². The number of benzene rings is 1. The largest absolute Gasteiger partial charge is 0.324 e. The van der Waals surface area contributed by atoms with E-state index in [1.807, 2.05) is 31.3 Å². The first-order chi connectivity index (χ1) is 7.20. The first kappa shape index (κ1) is 9.80. The van der Waals surface area contributed by atoms with Crippen LogP contribution >= 0.6 is 0 Å². The minimum atomic E-state index is -0.0431. The zero-order valence-electron chi connectivity index (χ0n) is 8.53. The van der Waals surface area contributed by atoms with Gasteiger partial charge in [-0.05, 0) is 36.8 Å². The van der Waals surface area contributed by atoms with E-state index in [0.717, 1.165) is 16.5 Å². The summed E-state index contributed by atoms with van der Waals surface area (Å²) in [7, 11) is 0. The van der Waals surface area contributed by atoms with Crippen LogP contribution in [0, 0.1) is 6.92 Å². The predicted molar refractivity (Wildman–Crippen MR) is 59.9 cm³/mol. The van der Waals surface area contributed by atoms with Crippen LogP contribution in [-0.4, -0.2) is 17.3 Å². The highest BCUT2D eigenvalue weighted by Crippen LogP contribution is 2.15. The van der Waals surface area contributed by atoms with Crippen LogP contribution in [0.3, 0.4) is 0 Å². The highest BCUT2D eigenvalue weighted by molar-refractivity contribution is 6.00. The molecule has 0 fully saturated rings. The normalized spacial score (nSPS) is 10.5. The van der Waals surface area contributed by atoms with Gasteiger partial charge in [0.1, 0.15) is 0 Å². The fourth-order valence-electron chi connectivity index (χ4n) is 1.53. The van der Waals surface area contributed by atoms with E-state index in [-0.39, 0.29) is 12.3 Å². The van der Waals surface area contributed by atoms with Gasteiger partial charge < -0.3 is 5.73 Å². The smallest absolute Gasteiger partial charge is 0.176 e. The molecule has 0 aliphatic carbocycles. The summed E-state index contributed by atoms with van der Waals surface area (Å²) in [4.78, 5) is 15.7. The maximum absolute atomic E-state index is 11.4. The minimum Gasteiger partial charge on any atom is -0.324 e. The predicted octanol–water partition coefficient (Wildman–Crippen LogP) is 1.68. The van der Waals surface area contributed by atoms with Gasteiger partial charge in [0.05, 0.1) is 12.1 Å². The monoisotopic (exact) mass is 200 g/mol. The van der Waals surface area contributed by atoms with Gasteiger partial charge in [-0.2, -0.15) is 0 Å². The van der Waals surface area contributed by atoms with Gasteiger partial charge in [-0.25, -0.2) is 0 Å². The molecule has 1 heterocycles. The van der Waals surface area contributed by atoms with Crippen molar-refractivity contribution in [3.8, 4) is 0 Å². The number of Topliss-reactive ketones (excluding diaryl/α,β-unsaturated/α-hetero) is 1. The molecule has 0 bridgehead atoms. The molecule has 0 unspecified atom stereocenters. The van der Waals surface area contributed by atoms with E-state index in [9.17, 15) is 4.79 Å². The molecule has 2 aromatic rings. The molecule has 1 aromatic carbocycles. The average Bonchev–Trinajstić information content (AvgIpc) is 2.27. The fourth-order valence-corrected chi connectivity index (χ4v) is 1.53. The van der Waals surface area contributed by atoms with E-state index in [0.29, 0.717) is 5.56 Å². The highest BCUT2D eigenvalue weighted by atomic mass is 16.1. The molecule has 0 aliphatic heterocycles. The number of nitrogens with two attached hydrogens (primary N) is 1. The Morgan fingerprint density at radius 1 is 1.40 bits per heavy atom. The Hall–Kier alpha value is -1.74. The number of carbonyl (C=O) groups excluding carboxylic acids is 1. The minimum absolute atomic E-state index is 0.0431. The second kappa shape index (κ2) is 3.79. The van der Waals surface area contributed by atoms with Crippen molar-refractivity contribution in [3.05, 3.63) is 41.6 Å². The third-order valence-corrected chi connectivity index (χ3v) is 2.33. The van der Waals surface area contributed by atoms with Crippen molar-refractivity contribution in [2.45, 2.75) is 6.92 Å². The molecule has 3 nitrogen and oxygen atoms in total. The van der Waals surface area contributed by atoms with Crippen LogP contribution in [0.25, 0.3) is 10.9 Å². The number of fused-ring (bicyclic) bond motifs is 1. The summed E-state index contributed by atoms with van der Waals surface area (Å²) in [6.07, 6.45) is 1.81. The van der Waals surface area contributed by atoms with Gasteiger partial charge in [0.25, 0.3) is 0 Å². The first-order valence-corrected chi connectivity index (χ1v) is 4.80. The molecule has 0 radical (unpaired) electrons. The van der Waals surface area contributed by atoms with E-state index in [1.54, 1.807) is 6.07 Å². The molecule has 15 heavy (non-hydrogen) atoms. The lowest BCUT2D eigenvalue weighted by Crippen LogP contribution is -2.13. The molecule has 0 amide bonds. The Labute approximate surface area is 87.9 Å². The third kappa shape index (κ3) is 1.87. The molecular weight excluding hydrogens is 188 g/mol. The van der Waals surface area contributed by atoms with Crippen LogP contribution in [0.5, 0.6) is 0 Å². The van der Waals surface area contributed by atoms with Gasteiger partial charge in [-0.1, -0.05) is 0 Å². The second-order valence-corrected chi connectivity index (χ2v) is 3.55. The lowest BCUT2D eigenvalue weighted by atomic mass is 10.1. The molecule has 2 N–H and O–H groups in total. The maximum atomic E-state index is 11.4. The lowest BCUT2D eigenvalue weighted by molar-refractivity contribution is 0.100. The van der Waals surface area contributed by atoms with Crippen LogP contribution < -0.4 is 5.73 Å². The Morgan fingerprint density at radius 3 is 2.93 bits per heavy atom. The summed E-state index contributed by atoms with van der Waals surface area (Å²) in [5, 5.41) is 0.981. The molecule has 0 saturated carbocycles. The van der Waals surface area contributed by atoms with Gasteiger partial charge in [-0.15, -0.1) is 0 Å². The summed E-state index contributed by atoms with van der Waals surface area (Å²) < 4.78 is 0. The number of aryl methyl sites for hydroxylation is 1. The zero-order chi connectivity index (χ0) is 10.8. The van der Waals surface area contributed by atoms with Gasteiger partial charge in [0.2, 0.25) is 0 Å². The van der Waals surface area contributed by atoms with E-state index < -0.39 is 0 Å². The molecule has 0 saturated heterocycles. The molecule has 76 valence electrons. The Balaban J connectivity index is 2.59. The summed E-state index contributed by atoms with van der Waals surface area (Å²) in [5.74, 6) is -0.0431. The standard InChI is InChI=1S/C12H12N2O/c1-8-4-10-5-9(12(15)6-13)2-3-11(10)14-7-8/h2-5,7H,6,13H2,1H3. The first-order valence-electron chi connectivity index (χ1n) is 4.80. The van der Waals surface area contributed by atoms with Gasteiger partial charge >= 0.3 is 0 Å². The van der Waals surface area contributed by atoms with E-state index in [2.05, 4.69) is 4.98 Å². The van der Waals surface area contributed by atoms with Crippen LogP contribution in [0.4, 0.5) is 0 Å². The van der Waals surface area contributed by atoms with Gasteiger partial charge in [0, 0.05) is 17.1 Å². The fraction of sp³-hybridized carbons (Fsp3) is 0.167. The summed E-state index contributed by atoms with van der Waals surface area (Å²) in [6.45, 7) is 2.02. The number of aromatic nitrogens is 1.